The number of carboxylic acids is 1. The number of nitrogens with zero attached hydrogens (tertiary/aromatic N) is 3. The predicted octanol–water partition coefficient (Wildman–Crippen LogP) is 3.45. The molecule has 7 nitrogen and oxygen atoms in total. The summed E-state index contributed by atoms with van der Waals surface area (Å²) in [5, 5.41) is 10.7. The molecule has 0 atom stereocenters. The zero-order valence-corrected chi connectivity index (χ0v) is 15.8. The molecule has 0 amide bonds. The molecule has 0 saturated carbocycles. The lowest BCUT2D eigenvalue weighted by Crippen LogP contribution is -2.13. The largest absolute Gasteiger partial charge is 0.477 e. The first kappa shape index (κ1) is 18.9. The van der Waals surface area contributed by atoms with Gasteiger partial charge in [-0.15, -0.1) is 6.42 Å². The van der Waals surface area contributed by atoms with E-state index in [2.05, 4.69) is 27.6 Å². The maximum absolute atomic E-state index is 12.5. The van der Waals surface area contributed by atoms with Gasteiger partial charge in [0.25, 0.3) is 5.56 Å². The SMILES string of the molecule is C#Cc1ccc2c(c1)c(-c1ccc[nH]c1=O)c(C(=O)O)n2Cc1ccnc(N=C)c1. The maximum atomic E-state index is 12.5. The van der Waals surface area contributed by atoms with Crippen LogP contribution in [-0.4, -0.2) is 32.3 Å². The van der Waals surface area contributed by atoms with Gasteiger partial charge in [-0.3, -0.25) is 4.79 Å². The van der Waals surface area contributed by atoms with E-state index in [9.17, 15) is 14.7 Å². The predicted molar refractivity (Wildman–Crippen MR) is 115 cm³/mol. The van der Waals surface area contributed by atoms with Crippen molar-refractivity contribution in [3.63, 3.8) is 0 Å². The smallest absolute Gasteiger partial charge is 0.353 e. The molecule has 30 heavy (non-hydrogen) atoms. The van der Waals surface area contributed by atoms with E-state index in [4.69, 9.17) is 6.42 Å². The number of aromatic carboxylic acids is 1. The fraction of sp³-hybridized carbons (Fsp3) is 0.0435. The Balaban J connectivity index is 2.07. The molecule has 146 valence electrons. The van der Waals surface area contributed by atoms with E-state index in [0.29, 0.717) is 27.8 Å². The number of hydrogen-bond acceptors (Lipinski definition) is 4. The van der Waals surface area contributed by atoms with Crippen molar-refractivity contribution in [1.82, 2.24) is 14.5 Å². The molecule has 0 unspecified atom stereocenters. The molecule has 4 aromatic rings. The molecule has 0 aliphatic heterocycles. The third-order valence-electron chi connectivity index (χ3n) is 4.83. The standard InChI is InChI=1S/C23H16N4O3/c1-3-14-6-7-18-17(11-14)20(16-5-4-9-26-22(16)28)21(23(29)30)27(18)13-15-8-10-25-19(12-15)24-2/h1,4-12H,2,13H2,(H,26,28)(H,29,30). The summed E-state index contributed by atoms with van der Waals surface area (Å²) in [6.07, 6.45) is 8.64. The van der Waals surface area contributed by atoms with Crippen molar-refractivity contribution < 1.29 is 9.90 Å². The van der Waals surface area contributed by atoms with Gasteiger partial charge in [-0.2, -0.15) is 0 Å². The Hall–Kier alpha value is -4.44. The average Bonchev–Trinajstić information content (AvgIpc) is 3.07. The van der Waals surface area contributed by atoms with Gasteiger partial charge in [-0.25, -0.2) is 14.8 Å². The van der Waals surface area contributed by atoms with E-state index in [-0.39, 0.29) is 23.4 Å². The number of pyridine rings is 2. The molecule has 7 heteroatoms. The van der Waals surface area contributed by atoms with Crippen molar-refractivity contribution >= 4 is 29.4 Å². The highest BCUT2D eigenvalue weighted by molar-refractivity contribution is 6.08. The van der Waals surface area contributed by atoms with Crippen LogP contribution in [0.25, 0.3) is 22.0 Å². The van der Waals surface area contributed by atoms with E-state index in [1.807, 2.05) is 0 Å². The second-order valence-electron chi connectivity index (χ2n) is 6.58. The van der Waals surface area contributed by atoms with E-state index >= 15 is 0 Å². The molecule has 3 aromatic heterocycles. The van der Waals surface area contributed by atoms with Gasteiger partial charge in [0.15, 0.2) is 5.82 Å². The fourth-order valence-corrected chi connectivity index (χ4v) is 3.55. The maximum Gasteiger partial charge on any atom is 0.353 e. The summed E-state index contributed by atoms with van der Waals surface area (Å²) >= 11 is 0. The molecule has 1 aromatic carbocycles. The first-order valence-corrected chi connectivity index (χ1v) is 8.99. The number of aromatic nitrogens is 3. The van der Waals surface area contributed by atoms with Gasteiger partial charge >= 0.3 is 5.97 Å². The molecule has 3 heterocycles. The summed E-state index contributed by atoms with van der Waals surface area (Å²) in [5.41, 5.74) is 2.24. The van der Waals surface area contributed by atoms with Crippen molar-refractivity contribution in [2.75, 3.05) is 0 Å². The Morgan fingerprint density at radius 2 is 2.13 bits per heavy atom. The Morgan fingerprint density at radius 1 is 1.30 bits per heavy atom. The van der Waals surface area contributed by atoms with Crippen LogP contribution in [-0.2, 0) is 6.54 Å². The van der Waals surface area contributed by atoms with Crippen LogP contribution in [0.15, 0.2) is 64.6 Å². The second kappa shape index (κ2) is 7.53. The van der Waals surface area contributed by atoms with Gasteiger partial charge in [0.1, 0.15) is 5.69 Å². The van der Waals surface area contributed by atoms with Crippen molar-refractivity contribution in [2.24, 2.45) is 4.99 Å². The molecule has 0 saturated heterocycles. The van der Waals surface area contributed by atoms with Crippen LogP contribution in [0.5, 0.6) is 0 Å². The van der Waals surface area contributed by atoms with Crippen molar-refractivity contribution in [1.29, 1.82) is 0 Å². The van der Waals surface area contributed by atoms with Crippen LogP contribution >= 0.6 is 0 Å². The summed E-state index contributed by atoms with van der Waals surface area (Å²) in [6.45, 7) is 3.72. The number of carbonyl (C=O) groups is 1. The molecule has 0 spiro atoms. The molecule has 0 aliphatic carbocycles. The quantitative estimate of drug-likeness (QED) is 0.399. The number of aliphatic imine (C=N–C) groups is 1. The number of rotatable bonds is 5. The summed E-state index contributed by atoms with van der Waals surface area (Å²) in [4.78, 5) is 35.4. The molecule has 4 rings (SSSR count). The molecule has 0 fully saturated rings. The zero-order chi connectivity index (χ0) is 21.3. The number of aromatic amines is 1. The highest BCUT2D eigenvalue weighted by Gasteiger charge is 2.25. The first-order chi connectivity index (χ1) is 14.5. The molecule has 0 bridgehead atoms. The third-order valence-corrected chi connectivity index (χ3v) is 4.83. The number of hydrogen-bond donors (Lipinski definition) is 2. The van der Waals surface area contributed by atoms with E-state index in [1.54, 1.807) is 53.2 Å². The minimum Gasteiger partial charge on any atom is -0.477 e. The van der Waals surface area contributed by atoms with Gasteiger partial charge < -0.3 is 14.7 Å². The van der Waals surface area contributed by atoms with Crippen LogP contribution in [0.2, 0.25) is 0 Å². The van der Waals surface area contributed by atoms with Gasteiger partial charge in [0.05, 0.1) is 0 Å². The van der Waals surface area contributed by atoms with Crippen LogP contribution in [0.4, 0.5) is 5.82 Å². The van der Waals surface area contributed by atoms with Crippen LogP contribution in [0, 0.1) is 12.3 Å². The van der Waals surface area contributed by atoms with Crippen LogP contribution in [0.3, 0.4) is 0 Å². The van der Waals surface area contributed by atoms with Crippen molar-refractivity contribution in [3.05, 3.63) is 82.0 Å². The monoisotopic (exact) mass is 396 g/mol. The van der Waals surface area contributed by atoms with Crippen LogP contribution in [0.1, 0.15) is 21.6 Å². The van der Waals surface area contributed by atoms with E-state index < -0.39 is 5.97 Å². The van der Waals surface area contributed by atoms with Crippen molar-refractivity contribution in [3.8, 4) is 23.5 Å². The molecular weight excluding hydrogens is 380 g/mol. The summed E-state index contributed by atoms with van der Waals surface area (Å²) < 4.78 is 1.65. The van der Waals surface area contributed by atoms with Gasteiger partial charge in [-0.05, 0) is 54.7 Å². The van der Waals surface area contributed by atoms with Crippen molar-refractivity contribution in [2.45, 2.75) is 6.54 Å². The first-order valence-electron chi connectivity index (χ1n) is 8.99. The average molecular weight is 396 g/mol. The fourth-order valence-electron chi connectivity index (χ4n) is 3.55. The van der Waals surface area contributed by atoms with Gasteiger partial charge in [0, 0.05) is 46.5 Å². The molecule has 2 N–H and O–H groups in total. The number of fused-ring (bicyclic) bond motifs is 1. The summed E-state index contributed by atoms with van der Waals surface area (Å²) in [7, 11) is 0. The number of H-pyrrole nitrogens is 1. The second-order valence-corrected chi connectivity index (χ2v) is 6.58. The lowest BCUT2D eigenvalue weighted by atomic mass is 10.0. The lowest BCUT2D eigenvalue weighted by molar-refractivity contribution is 0.0687. The summed E-state index contributed by atoms with van der Waals surface area (Å²) in [5.74, 6) is 1.85. The van der Waals surface area contributed by atoms with E-state index in [0.717, 1.165) is 5.56 Å². The number of carboxylic acid groups (broad SMARTS) is 1. The van der Waals surface area contributed by atoms with Gasteiger partial charge in [0.2, 0.25) is 0 Å². The molecular formula is C23H16N4O3. The molecule has 0 aliphatic rings. The third kappa shape index (κ3) is 3.16. The highest BCUT2D eigenvalue weighted by atomic mass is 16.4. The number of benzene rings is 1. The zero-order valence-electron chi connectivity index (χ0n) is 15.8. The number of terminal acetylenes is 1. The summed E-state index contributed by atoms with van der Waals surface area (Å²) in [6, 6.07) is 12.0. The Labute approximate surface area is 171 Å². The minimum atomic E-state index is -1.15. The highest BCUT2D eigenvalue weighted by Crippen LogP contribution is 2.35. The number of nitrogens with one attached hydrogen (secondary N) is 1. The van der Waals surface area contributed by atoms with Gasteiger partial charge in [-0.1, -0.05) is 5.92 Å². The van der Waals surface area contributed by atoms with E-state index in [1.165, 1.54) is 6.20 Å². The van der Waals surface area contributed by atoms with Crippen LogP contribution < -0.4 is 5.56 Å². The Kier molecular flexibility index (Phi) is 4.74. The minimum absolute atomic E-state index is 0.000737. The normalized spacial score (nSPS) is 10.6. The topological polar surface area (TPSA) is 100 Å². The Morgan fingerprint density at radius 3 is 2.83 bits per heavy atom. The lowest BCUT2D eigenvalue weighted by Gasteiger charge is -2.10. The molecule has 0 radical (unpaired) electrons. The Bertz CT molecular complexity index is 1410.